The zero-order chi connectivity index (χ0) is 12.3. The largest absolute Gasteiger partial charge is 0.282 e. The average Bonchev–Trinajstić information content (AvgIpc) is 2.86. The molecule has 0 bridgehead atoms. The van der Waals surface area contributed by atoms with Gasteiger partial charge in [-0.1, -0.05) is 12.1 Å². The molecule has 0 aliphatic carbocycles. The number of aryl methyl sites for hydroxylation is 2. The molecule has 4 heteroatoms. The highest BCUT2D eigenvalue weighted by Crippen LogP contribution is 2.19. The summed E-state index contributed by atoms with van der Waals surface area (Å²) in [4.78, 5) is 9.30. The molecule has 18 heavy (non-hydrogen) atoms. The molecule has 0 aromatic carbocycles. The van der Waals surface area contributed by atoms with Gasteiger partial charge in [0.2, 0.25) is 0 Å². The first kappa shape index (κ1) is 9.65. The minimum atomic E-state index is 0.916. The molecule has 0 spiro atoms. The van der Waals surface area contributed by atoms with Gasteiger partial charge in [0, 0.05) is 12.4 Å². The summed E-state index contributed by atoms with van der Waals surface area (Å²) >= 11 is 0. The molecule has 0 unspecified atom stereocenters. The molecular formula is C14H12N4. The van der Waals surface area contributed by atoms with Crippen LogP contribution in [0.1, 0.15) is 11.1 Å². The van der Waals surface area contributed by atoms with Crippen LogP contribution >= 0.6 is 0 Å². The quantitative estimate of drug-likeness (QED) is 0.470. The van der Waals surface area contributed by atoms with Gasteiger partial charge in [0.05, 0.1) is 0 Å². The van der Waals surface area contributed by atoms with E-state index in [0.717, 1.165) is 22.6 Å². The highest BCUT2D eigenvalue weighted by atomic mass is 15.2. The number of imidazole rings is 2. The summed E-state index contributed by atoms with van der Waals surface area (Å²) in [6.07, 6.45) is 4.15. The van der Waals surface area contributed by atoms with Gasteiger partial charge in [-0.25, -0.2) is 9.97 Å². The molecule has 0 fully saturated rings. The Morgan fingerprint density at radius 3 is 1.61 bits per heavy atom. The molecule has 0 aliphatic rings. The van der Waals surface area contributed by atoms with E-state index in [1.165, 1.54) is 11.1 Å². The highest BCUT2D eigenvalue weighted by molar-refractivity contribution is 5.78. The lowest BCUT2D eigenvalue weighted by Gasteiger charge is -1.96. The van der Waals surface area contributed by atoms with Gasteiger partial charge in [0.15, 0.2) is 11.3 Å². The second kappa shape index (κ2) is 3.10. The number of rotatable bonds is 0. The molecule has 88 valence electrons. The first-order chi connectivity index (χ1) is 8.72. The average molecular weight is 236 g/mol. The predicted molar refractivity (Wildman–Crippen MR) is 70.9 cm³/mol. The maximum absolute atomic E-state index is 4.65. The smallest absolute Gasteiger partial charge is 0.184 e. The van der Waals surface area contributed by atoms with E-state index in [9.17, 15) is 0 Å². The van der Waals surface area contributed by atoms with Crippen molar-refractivity contribution in [1.82, 2.24) is 18.8 Å². The summed E-state index contributed by atoms with van der Waals surface area (Å²) in [5.74, 6) is 0. The standard InChI is InChI=1S/C14H12N4/c1-9-3-5-11-15-14-13(17(11)7-9)16-12-6-4-10(2)8-18(12)14/h3-8H,1-2H3. The molecule has 0 saturated heterocycles. The summed E-state index contributed by atoms with van der Waals surface area (Å²) < 4.78 is 4.10. The Morgan fingerprint density at radius 2 is 1.17 bits per heavy atom. The number of pyridine rings is 2. The number of hydrogen-bond acceptors (Lipinski definition) is 2. The normalized spacial score (nSPS) is 11.9. The Bertz CT molecular complexity index is 822. The van der Waals surface area contributed by atoms with Crippen molar-refractivity contribution in [3.05, 3.63) is 47.8 Å². The molecule has 4 rings (SSSR count). The monoisotopic (exact) mass is 236 g/mol. The summed E-state index contributed by atoms with van der Waals surface area (Å²) in [5, 5.41) is 0. The van der Waals surface area contributed by atoms with Gasteiger partial charge in [-0.2, -0.15) is 0 Å². The third-order valence-corrected chi connectivity index (χ3v) is 3.25. The van der Waals surface area contributed by atoms with E-state index < -0.39 is 0 Å². The van der Waals surface area contributed by atoms with E-state index in [4.69, 9.17) is 0 Å². The maximum atomic E-state index is 4.65. The molecule has 0 aliphatic heterocycles. The zero-order valence-electron chi connectivity index (χ0n) is 10.3. The van der Waals surface area contributed by atoms with Gasteiger partial charge < -0.3 is 0 Å². The van der Waals surface area contributed by atoms with Crippen molar-refractivity contribution < 1.29 is 0 Å². The van der Waals surface area contributed by atoms with Crippen LogP contribution in [0.5, 0.6) is 0 Å². The Labute approximate surface area is 104 Å². The summed E-state index contributed by atoms with van der Waals surface area (Å²) in [5.41, 5.74) is 6.12. The molecule has 4 aromatic heterocycles. The third kappa shape index (κ3) is 1.14. The van der Waals surface area contributed by atoms with Crippen LogP contribution in [0.3, 0.4) is 0 Å². The van der Waals surface area contributed by atoms with Gasteiger partial charge in [-0.3, -0.25) is 8.80 Å². The Hall–Kier alpha value is -2.36. The first-order valence-corrected chi connectivity index (χ1v) is 5.95. The first-order valence-electron chi connectivity index (χ1n) is 5.95. The molecule has 4 nitrogen and oxygen atoms in total. The molecule has 0 saturated carbocycles. The van der Waals surface area contributed by atoms with Crippen LogP contribution in [0.25, 0.3) is 22.6 Å². The highest BCUT2D eigenvalue weighted by Gasteiger charge is 2.11. The lowest BCUT2D eigenvalue weighted by atomic mass is 10.3. The van der Waals surface area contributed by atoms with Crippen LogP contribution in [0, 0.1) is 13.8 Å². The van der Waals surface area contributed by atoms with Crippen molar-refractivity contribution in [3.8, 4) is 0 Å². The van der Waals surface area contributed by atoms with Gasteiger partial charge in [-0.15, -0.1) is 0 Å². The van der Waals surface area contributed by atoms with E-state index in [1.54, 1.807) is 0 Å². The molecule has 4 aromatic rings. The predicted octanol–water partition coefficient (Wildman–Crippen LogP) is 2.75. The molecule has 4 heterocycles. The SMILES string of the molecule is Cc1ccc2nc3c(nc4ccc(C)cn43)n2c1. The molecule has 0 radical (unpaired) electrons. The molecule has 0 amide bonds. The number of fused-ring (bicyclic) bond motifs is 5. The van der Waals surface area contributed by atoms with Crippen LogP contribution in [0.4, 0.5) is 0 Å². The summed E-state index contributed by atoms with van der Waals surface area (Å²) in [6.45, 7) is 4.15. The van der Waals surface area contributed by atoms with Gasteiger partial charge in [0.1, 0.15) is 11.3 Å². The van der Waals surface area contributed by atoms with Crippen molar-refractivity contribution >= 4 is 22.6 Å². The van der Waals surface area contributed by atoms with E-state index in [-0.39, 0.29) is 0 Å². The van der Waals surface area contributed by atoms with Crippen molar-refractivity contribution in [2.75, 3.05) is 0 Å². The molecular weight excluding hydrogens is 224 g/mol. The summed E-state index contributed by atoms with van der Waals surface area (Å²) in [7, 11) is 0. The van der Waals surface area contributed by atoms with E-state index in [1.807, 2.05) is 20.9 Å². The second-order valence-corrected chi connectivity index (χ2v) is 4.74. The van der Waals surface area contributed by atoms with Crippen molar-refractivity contribution in [2.24, 2.45) is 0 Å². The van der Waals surface area contributed by atoms with E-state index in [2.05, 4.69) is 48.3 Å². The summed E-state index contributed by atoms with van der Waals surface area (Å²) in [6, 6.07) is 8.19. The minimum Gasteiger partial charge on any atom is -0.282 e. The zero-order valence-corrected chi connectivity index (χ0v) is 10.3. The van der Waals surface area contributed by atoms with Gasteiger partial charge >= 0.3 is 0 Å². The fourth-order valence-corrected chi connectivity index (χ4v) is 2.36. The van der Waals surface area contributed by atoms with Crippen LogP contribution < -0.4 is 0 Å². The van der Waals surface area contributed by atoms with Crippen LogP contribution in [0.15, 0.2) is 36.7 Å². The van der Waals surface area contributed by atoms with Gasteiger partial charge in [0.25, 0.3) is 0 Å². The fraction of sp³-hybridized carbons (Fsp3) is 0.143. The Balaban J connectivity index is 2.26. The Kier molecular flexibility index (Phi) is 1.66. The lowest BCUT2D eigenvalue weighted by molar-refractivity contribution is 1.13. The minimum absolute atomic E-state index is 0.916. The van der Waals surface area contributed by atoms with Crippen LogP contribution in [-0.2, 0) is 0 Å². The van der Waals surface area contributed by atoms with Crippen molar-refractivity contribution in [1.29, 1.82) is 0 Å². The molecule has 0 N–H and O–H groups in total. The second-order valence-electron chi connectivity index (χ2n) is 4.74. The van der Waals surface area contributed by atoms with E-state index >= 15 is 0 Å². The fourth-order valence-electron chi connectivity index (χ4n) is 2.36. The third-order valence-electron chi connectivity index (χ3n) is 3.25. The molecule has 0 atom stereocenters. The number of nitrogens with zero attached hydrogens (tertiary/aromatic N) is 4. The van der Waals surface area contributed by atoms with Crippen LogP contribution in [-0.4, -0.2) is 18.8 Å². The van der Waals surface area contributed by atoms with E-state index in [0.29, 0.717) is 0 Å². The number of hydrogen-bond donors (Lipinski definition) is 0. The lowest BCUT2D eigenvalue weighted by Crippen LogP contribution is -1.88. The Morgan fingerprint density at radius 1 is 0.722 bits per heavy atom. The van der Waals surface area contributed by atoms with Crippen molar-refractivity contribution in [3.63, 3.8) is 0 Å². The van der Waals surface area contributed by atoms with Crippen molar-refractivity contribution in [2.45, 2.75) is 13.8 Å². The topological polar surface area (TPSA) is 34.6 Å². The number of aromatic nitrogens is 4. The maximum Gasteiger partial charge on any atom is 0.184 e. The van der Waals surface area contributed by atoms with Gasteiger partial charge in [-0.05, 0) is 37.1 Å². The van der Waals surface area contributed by atoms with Crippen LogP contribution in [0.2, 0.25) is 0 Å².